The lowest BCUT2D eigenvalue weighted by Crippen LogP contribution is -1.78. The van der Waals surface area contributed by atoms with Crippen molar-refractivity contribution >= 4 is 0 Å². The minimum atomic E-state index is 1.12. The lowest BCUT2D eigenvalue weighted by atomic mass is 10.1. The number of allylic oxidation sites excluding steroid dienone is 12. The Morgan fingerprint density at radius 1 is 0.560 bits per heavy atom. The zero-order chi connectivity index (χ0) is 19.1. The van der Waals surface area contributed by atoms with E-state index in [0.29, 0.717) is 0 Å². The molecule has 0 aliphatic heterocycles. The van der Waals surface area contributed by atoms with Crippen molar-refractivity contribution in [2.24, 2.45) is 0 Å². The monoisotopic (exact) mass is 340 g/mol. The predicted octanol–water partition coefficient (Wildman–Crippen LogP) is 8.65. The smallest absolute Gasteiger partial charge is 0.0285 e. The second-order valence-corrected chi connectivity index (χ2v) is 7.59. The van der Waals surface area contributed by atoms with E-state index >= 15 is 0 Å². The van der Waals surface area contributed by atoms with Crippen LogP contribution in [-0.4, -0.2) is 0 Å². The Morgan fingerprint density at radius 3 is 1.64 bits per heavy atom. The number of hydrogen-bond donors (Lipinski definition) is 0. The molecule has 0 saturated carbocycles. The van der Waals surface area contributed by atoms with Gasteiger partial charge in [0.05, 0.1) is 0 Å². The van der Waals surface area contributed by atoms with E-state index in [1.807, 2.05) is 0 Å². The Morgan fingerprint density at radius 2 is 1.08 bits per heavy atom. The van der Waals surface area contributed by atoms with E-state index in [0.717, 1.165) is 25.7 Å². The van der Waals surface area contributed by atoms with E-state index in [2.05, 4.69) is 91.0 Å². The molecule has 0 aliphatic rings. The van der Waals surface area contributed by atoms with Crippen LogP contribution < -0.4 is 0 Å². The van der Waals surface area contributed by atoms with Crippen LogP contribution in [0.15, 0.2) is 70.4 Å². The van der Waals surface area contributed by atoms with Crippen molar-refractivity contribution in [2.75, 3.05) is 0 Å². The molecule has 0 amide bonds. The SMILES string of the molecule is CC(C)=CCCC(C)=CC=CC(C)=CCCC=C(C)CCC=C(C)C. The maximum absolute atomic E-state index is 2.39. The molecule has 0 unspecified atom stereocenters. The topological polar surface area (TPSA) is 0 Å². The summed E-state index contributed by atoms with van der Waals surface area (Å²) in [4.78, 5) is 0. The number of unbranched alkanes of at least 4 members (excludes halogenated alkanes) is 1. The van der Waals surface area contributed by atoms with E-state index in [1.165, 1.54) is 40.7 Å². The first kappa shape index (κ1) is 23.4. The fraction of sp³-hybridized carbons (Fsp3) is 0.520. The fourth-order valence-electron chi connectivity index (χ4n) is 2.44. The van der Waals surface area contributed by atoms with Crippen molar-refractivity contribution in [3.8, 4) is 0 Å². The predicted molar refractivity (Wildman–Crippen MR) is 117 cm³/mol. The molecule has 0 bridgehead atoms. The van der Waals surface area contributed by atoms with Crippen molar-refractivity contribution in [1.82, 2.24) is 0 Å². The molecule has 0 heterocycles. The second kappa shape index (κ2) is 14.8. The van der Waals surface area contributed by atoms with Gasteiger partial charge in [0, 0.05) is 0 Å². The van der Waals surface area contributed by atoms with Crippen molar-refractivity contribution in [3.63, 3.8) is 0 Å². The first-order valence-corrected chi connectivity index (χ1v) is 9.74. The van der Waals surface area contributed by atoms with Crippen molar-refractivity contribution < 1.29 is 0 Å². The van der Waals surface area contributed by atoms with Crippen LogP contribution >= 0.6 is 0 Å². The van der Waals surface area contributed by atoms with Crippen molar-refractivity contribution in [1.29, 1.82) is 0 Å². The third-order valence-electron chi connectivity index (χ3n) is 4.05. The Labute approximate surface area is 157 Å². The zero-order valence-corrected chi connectivity index (χ0v) is 17.8. The first-order chi connectivity index (χ1) is 11.8. The molecule has 0 radical (unpaired) electrons. The van der Waals surface area contributed by atoms with Gasteiger partial charge in [-0.15, -0.1) is 0 Å². The second-order valence-electron chi connectivity index (χ2n) is 7.59. The maximum Gasteiger partial charge on any atom is -0.0285 e. The zero-order valence-electron chi connectivity index (χ0n) is 17.8. The average Bonchev–Trinajstić information content (AvgIpc) is 2.51. The van der Waals surface area contributed by atoms with Gasteiger partial charge in [-0.1, -0.05) is 70.4 Å². The van der Waals surface area contributed by atoms with Crippen molar-refractivity contribution in [3.05, 3.63) is 70.4 Å². The summed E-state index contributed by atoms with van der Waals surface area (Å²) in [5.74, 6) is 0. The van der Waals surface area contributed by atoms with E-state index in [-0.39, 0.29) is 0 Å². The van der Waals surface area contributed by atoms with Crippen LogP contribution in [0.25, 0.3) is 0 Å². The van der Waals surface area contributed by atoms with Crippen LogP contribution in [-0.2, 0) is 0 Å². The van der Waals surface area contributed by atoms with Gasteiger partial charge >= 0.3 is 0 Å². The quantitative estimate of drug-likeness (QED) is 0.200. The molecule has 0 heteroatoms. The number of hydrogen-bond acceptors (Lipinski definition) is 0. The van der Waals surface area contributed by atoms with E-state index in [4.69, 9.17) is 0 Å². The molecular weight excluding hydrogens is 300 g/mol. The van der Waals surface area contributed by atoms with Gasteiger partial charge in [-0.2, -0.15) is 0 Å². The molecule has 25 heavy (non-hydrogen) atoms. The highest BCUT2D eigenvalue weighted by molar-refractivity contribution is 5.22. The molecule has 0 aliphatic carbocycles. The Bertz CT molecular complexity index is 537. The summed E-state index contributed by atoms with van der Waals surface area (Å²) in [6.07, 6.45) is 22.9. The largest absolute Gasteiger partial charge is 0.0856 e. The van der Waals surface area contributed by atoms with E-state index < -0.39 is 0 Å². The minimum absolute atomic E-state index is 1.12. The van der Waals surface area contributed by atoms with Gasteiger partial charge in [0.1, 0.15) is 0 Å². The summed E-state index contributed by atoms with van der Waals surface area (Å²) in [7, 11) is 0. The summed E-state index contributed by atoms with van der Waals surface area (Å²) >= 11 is 0. The lowest BCUT2D eigenvalue weighted by molar-refractivity contribution is 0.935. The normalized spacial score (nSPS) is 13.3. The highest BCUT2D eigenvalue weighted by Gasteiger charge is 1.90. The molecule has 0 aromatic carbocycles. The molecule has 0 nitrogen and oxygen atoms in total. The third-order valence-corrected chi connectivity index (χ3v) is 4.05. The average molecular weight is 341 g/mol. The summed E-state index contributed by atoms with van der Waals surface area (Å²) < 4.78 is 0. The molecule has 0 rings (SSSR count). The first-order valence-electron chi connectivity index (χ1n) is 9.74. The Balaban J connectivity index is 4.15. The molecule has 0 N–H and O–H groups in total. The molecular formula is C25H40. The lowest BCUT2D eigenvalue weighted by Gasteiger charge is -1.99. The Kier molecular flexibility index (Phi) is 13.8. The standard InChI is InChI=1S/C25H40/c1-21(2)13-10-17-23(5)15-8-9-16-24(6)19-12-20-25(7)18-11-14-22(3)4/h12-16,19-20H,8-11,17-18H2,1-7H3. The third kappa shape index (κ3) is 17.1. The van der Waals surface area contributed by atoms with E-state index in [9.17, 15) is 0 Å². The van der Waals surface area contributed by atoms with Crippen LogP contribution in [0.2, 0.25) is 0 Å². The van der Waals surface area contributed by atoms with Crippen LogP contribution in [0.5, 0.6) is 0 Å². The molecule has 0 aromatic rings. The molecule has 140 valence electrons. The van der Waals surface area contributed by atoms with Gasteiger partial charge in [-0.3, -0.25) is 0 Å². The molecule has 0 aromatic heterocycles. The van der Waals surface area contributed by atoms with Gasteiger partial charge in [0.15, 0.2) is 0 Å². The van der Waals surface area contributed by atoms with Gasteiger partial charge in [0.2, 0.25) is 0 Å². The van der Waals surface area contributed by atoms with Gasteiger partial charge < -0.3 is 0 Å². The summed E-state index contributed by atoms with van der Waals surface area (Å²) in [6, 6.07) is 0. The summed E-state index contributed by atoms with van der Waals surface area (Å²) in [5, 5.41) is 0. The molecule has 0 atom stereocenters. The molecule has 0 saturated heterocycles. The summed E-state index contributed by atoms with van der Waals surface area (Å²) in [5.41, 5.74) is 7.12. The molecule has 0 spiro atoms. The highest BCUT2D eigenvalue weighted by Crippen LogP contribution is 2.10. The van der Waals surface area contributed by atoms with Crippen molar-refractivity contribution in [2.45, 2.75) is 87.0 Å². The summed E-state index contributed by atoms with van der Waals surface area (Å²) in [6.45, 7) is 15.3. The Hall–Kier alpha value is -1.56. The minimum Gasteiger partial charge on any atom is -0.0856 e. The van der Waals surface area contributed by atoms with Gasteiger partial charge in [0.25, 0.3) is 0 Å². The van der Waals surface area contributed by atoms with Gasteiger partial charge in [-0.05, 0) is 87.0 Å². The highest BCUT2D eigenvalue weighted by atomic mass is 14.0. The van der Waals surface area contributed by atoms with Crippen LogP contribution in [0.4, 0.5) is 0 Å². The number of rotatable bonds is 11. The molecule has 0 fully saturated rings. The van der Waals surface area contributed by atoms with Crippen LogP contribution in [0.3, 0.4) is 0 Å². The fourth-order valence-corrected chi connectivity index (χ4v) is 2.44. The van der Waals surface area contributed by atoms with Crippen LogP contribution in [0, 0.1) is 0 Å². The van der Waals surface area contributed by atoms with Crippen LogP contribution in [0.1, 0.15) is 87.0 Å². The van der Waals surface area contributed by atoms with Gasteiger partial charge in [-0.25, -0.2) is 0 Å². The maximum atomic E-state index is 2.39. The van der Waals surface area contributed by atoms with E-state index in [1.54, 1.807) is 0 Å².